The lowest BCUT2D eigenvalue weighted by molar-refractivity contribution is 0.0822. The average Bonchev–Trinajstić information content (AvgIpc) is 2.86. The van der Waals surface area contributed by atoms with E-state index in [1.165, 1.54) is 12.8 Å². The van der Waals surface area contributed by atoms with Gasteiger partial charge in [-0.25, -0.2) is 0 Å². The normalized spacial score (nSPS) is 18.7. The number of amides is 1. The molecule has 1 aliphatic rings. The summed E-state index contributed by atoms with van der Waals surface area (Å²) >= 11 is 0. The van der Waals surface area contributed by atoms with E-state index in [4.69, 9.17) is 0 Å². The Morgan fingerprint density at radius 1 is 1.58 bits per heavy atom. The van der Waals surface area contributed by atoms with Gasteiger partial charge >= 0.3 is 0 Å². The average molecular weight is 262 g/mol. The lowest BCUT2D eigenvalue weighted by Gasteiger charge is -2.27. The third kappa shape index (κ3) is 3.04. The summed E-state index contributed by atoms with van der Waals surface area (Å²) in [7, 11) is 5.47. The molecule has 5 heteroatoms. The number of anilines is 1. The molecule has 1 N–H and O–H groups in total. The molecule has 1 aromatic rings. The maximum absolute atomic E-state index is 12.0. The molecule has 5 nitrogen and oxygen atoms in total. The van der Waals surface area contributed by atoms with Crippen LogP contribution in [0.1, 0.15) is 23.3 Å². The van der Waals surface area contributed by atoms with Gasteiger partial charge in [0.2, 0.25) is 0 Å². The van der Waals surface area contributed by atoms with E-state index in [-0.39, 0.29) is 5.91 Å². The summed E-state index contributed by atoms with van der Waals surface area (Å²) < 4.78 is 0. The molecule has 2 rings (SSSR count). The lowest BCUT2D eigenvalue weighted by Crippen LogP contribution is -2.37. The molecule has 1 unspecified atom stereocenters. The molecule has 19 heavy (non-hydrogen) atoms. The molecule has 0 bridgehead atoms. The van der Waals surface area contributed by atoms with E-state index in [0.29, 0.717) is 11.7 Å². The van der Waals surface area contributed by atoms with Gasteiger partial charge in [0.05, 0.1) is 0 Å². The molecule has 1 amide bonds. The Balaban J connectivity index is 2.20. The first-order valence-corrected chi connectivity index (χ1v) is 6.72. The summed E-state index contributed by atoms with van der Waals surface area (Å²) in [6, 6.07) is 4.39. The third-order valence-corrected chi connectivity index (χ3v) is 3.52. The van der Waals surface area contributed by atoms with Crippen molar-refractivity contribution in [1.29, 1.82) is 0 Å². The number of nitrogens with zero attached hydrogens (tertiary/aromatic N) is 3. The summed E-state index contributed by atoms with van der Waals surface area (Å²) in [6.45, 7) is 2.02. The van der Waals surface area contributed by atoms with Crippen molar-refractivity contribution in [3.05, 3.63) is 24.0 Å². The zero-order valence-corrected chi connectivity index (χ0v) is 11.9. The molecule has 104 valence electrons. The van der Waals surface area contributed by atoms with Crippen LogP contribution in [-0.2, 0) is 0 Å². The van der Waals surface area contributed by atoms with Crippen LogP contribution in [0.15, 0.2) is 18.3 Å². The van der Waals surface area contributed by atoms with Crippen LogP contribution >= 0.6 is 0 Å². The predicted molar refractivity (Wildman–Crippen MR) is 76.5 cm³/mol. The Labute approximate surface area is 114 Å². The maximum atomic E-state index is 12.0. The van der Waals surface area contributed by atoms with Gasteiger partial charge in [0.15, 0.2) is 0 Å². The molecule has 1 aliphatic heterocycles. The summed E-state index contributed by atoms with van der Waals surface area (Å²) in [4.78, 5) is 20.0. The van der Waals surface area contributed by atoms with E-state index in [0.717, 1.165) is 18.8 Å². The summed E-state index contributed by atoms with van der Waals surface area (Å²) in [5.74, 6) is -0.0498. The van der Waals surface area contributed by atoms with Crippen molar-refractivity contribution in [2.45, 2.75) is 18.9 Å². The third-order valence-electron chi connectivity index (χ3n) is 3.52. The Morgan fingerprint density at radius 2 is 2.37 bits per heavy atom. The van der Waals surface area contributed by atoms with E-state index < -0.39 is 0 Å². The van der Waals surface area contributed by atoms with E-state index in [1.54, 1.807) is 25.2 Å². The van der Waals surface area contributed by atoms with Crippen LogP contribution in [0.25, 0.3) is 0 Å². The fourth-order valence-electron chi connectivity index (χ4n) is 2.57. The molecule has 0 spiro atoms. The van der Waals surface area contributed by atoms with Crippen molar-refractivity contribution in [2.75, 3.05) is 39.1 Å². The first kappa shape index (κ1) is 13.8. The maximum Gasteiger partial charge on any atom is 0.272 e. The number of rotatable bonds is 4. The van der Waals surface area contributed by atoms with Crippen molar-refractivity contribution in [2.24, 2.45) is 0 Å². The van der Waals surface area contributed by atoms with Gasteiger partial charge in [-0.3, -0.25) is 9.78 Å². The van der Waals surface area contributed by atoms with E-state index in [2.05, 4.69) is 15.2 Å². The highest BCUT2D eigenvalue weighted by molar-refractivity contribution is 5.92. The fraction of sp³-hybridized carbons (Fsp3) is 0.571. The minimum absolute atomic E-state index is 0.0498. The minimum Gasteiger partial charge on any atom is -0.367 e. The van der Waals surface area contributed by atoms with Crippen molar-refractivity contribution < 1.29 is 4.79 Å². The standard InChI is InChI=1S/C14H22N4O/c1-15-10-12-5-4-8-18(12)11-6-7-16-13(9-11)14(19)17(2)3/h6-7,9,12,15H,4-5,8,10H2,1-3H3. The molecule has 1 saturated heterocycles. The summed E-state index contributed by atoms with van der Waals surface area (Å²) in [5, 5.41) is 3.23. The Morgan fingerprint density at radius 3 is 3.05 bits per heavy atom. The zero-order chi connectivity index (χ0) is 13.8. The van der Waals surface area contributed by atoms with Crippen LogP contribution in [0.4, 0.5) is 5.69 Å². The Kier molecular flexibility index (Phi) is 4.37. The Bertz CT molecular complexity index is 447. The second-order valence-corrected chi connectivity index (χ2v) is 5.15. The smallest absolute Gasteiger partial charge is 0.272 e. The SMILES string of the molecule is CNCC1CCCN1c1ccnc(C(=O)N(C)C)c1. The number of hydrogen-bond donors (Lipinski definition) is 1. The number of carbonyl (C=O) groups excluding carboxylic acids is 1. The number of likely N-dealkylation sites (N-methyl/N-ethyl adjacent to an activating group) is 1. The molecular formula is C14H22N4O. The lowest BCUT2D eigenvalue weighted by atomic mass is 10.2. The molecule has 1 atom stereocenters. The van der Waals surface area contributed by atoms with E-state index in [9.17, 15) is 4.79 Å². The molecule has 0 saturated carbocycles. The van der Waals surface area contributed by atoms with Crippen LogP contribution in [0.5, 0.6) is 0 Å². The van der Waals surface area contributed by atoms with Crippen LogP contribution in [0.2, 0.25) is 0 Å². The highest BCUT2D eigenvalue weighted by atomic mass is 16.2. The second kappa shape index (κ2) is 6.02. The highest BCUT2D eigenvalue weighted by Gasteiger charge is 2.24. The van der Waals surface area contributed by atoms with Gasteiger partial charge in [-0.1, -0.05) is 0 Å². The molecule has 0 radical (unpaired) electrons. The van der Waals surface area contributed by atoms with Gasteiger partial charge in [-0.2, -0.15) is 0 Å². The first-order valence-electron chi connectivity index (χ1n) is 6.72. The van der Waals surface area contributed by atoms with Crippen LogP contribution in [0.3, 0.4) is 0 Å². The highest BCUT2D eigenvalue weighted by Crippen LogP contribution is 2.25. The van der Waals surface area contributed by atoms with Gasteiger partial charge in [0.25, 0.3) is 5.91 Å². The molecule has 0 aromatic carbocycles. The van der Waals surface area contributed by atoms with Crippen molar-refractivity contribution in [1.82, 2.24) is 15.2 Å². The zero-order valence-electron chi connectivity index (χ0n) is 11.9. The molecule has 0 aliphatic carbocycles. The number of pyridine rings is 1. The minimum atomic E-state index is -0.0498. The first-order chi connectivity index (χ1) is 9.13. The van der Waals surface area contributed by atoms with Crippen molar-refractivity contribution in [3.63, 3.8) is 0 Å². The quantitative estimate of drug-likeness (QED) is 0.878. The van der Waals surface area contributed by atoms with Crippen LogP contribution in [0, 0.1) is 0 Å². The van der Waals surface area contributed by atoms with Crippen LogP contribution in [-0.4, -0.2) is 56.1 Å². The number of aromatic nitrogens is 1. The fourth-order valence-corrected chi connectivity index (χ4v) is 2.57. The predicted octanol–water partition coefficient (Wildman–Crippen LogP) is 0.972. The van der Waals surface area contributed by atoms with Crippen LogP contribution < -0.4 is 10.2 Å². The van der Waals surface area contributed by atoms with Crippen molar-refractivity contribution in [3.8, 4) is 0 Å². The number of hydrogen-bond acceptors (Lipinski definition) is 4. The van der Waals surface area contributed by atoms with E-state index in [1.807, 2.05) is 19.2 Å². The van der Waals surface area contributed by atoms with Gasteiger partial charge < -0.3 is 15.1 Å². The number of nitrogens with one attached hydrogen (secondary N) is 1. The van der Waals surface area contributed by atoms with Gasteiger partial charge in [0.1, 0.15) is 5.69 Å². The van der Waals surface area contributed by atoms with E-state index >= 15 is 0 Å². The van der Waals surface area contributed by atoms with Crippen molar-refractivity contribution >= 4 is 11.6 Å². The molecular weight excluding hydrogens is 240 g/mol. The monoisotopic (exact) mass is 262 g/mol. The second-order valence-electron chi connectivity index (χ2n) is 5.15. The Hall–Kier alpha value is -1.62. The van der Waals surface area contributed by atoms with Gasteiger partial charge in [-0.05, 0) is 32.0 Å². The largest absolute Gasteiger partial charge is 0.367 e. The molecule has 1 fully saturated rings. The molecule has 1 aromatic heterocycles. The van der Waals surface area contributed by atoms with Gasteiger partial charge in [-0.15, -0.1) is 0 Å². The summed E-state index contributed by atoms with van der Waals surface area (Å²) in [5.41, 5.74) is 1.61. The molecule has 2 heterocycles. The topological polar surface area (TPSA) is 48.5 Å². The summed E-state index contributed by atoms with van der Waals surface area (Å²) in [6.07, 6.45) is 4.12. The van der Waals surface area contributed by atoms with Gasteiger partial charge in [0, 0.05) is 45.1 Å². The number of carbonyl (C=O) groups is 1.